The highest BCUT2D eigenvalue weighted by atomic mass is 35.5. The molecule has 4 rings (SSSR count). The number of rotatable bonds is 8. The summed E-state index contributed by atoms with van der Waals surface area (Å²) in [7, 11) is 2.62. The minimum absolute atomic E-state index is 0.0375. The minimum atomic E-state index is -0.885. The summed E-state index contributed by atoms with van der Waals surface area (Å²) in [4.78, 5) is 50.4. The largest absolute Gasteiger partial charge is 0.493 e. The number of nitro benzene ring substituents is 1. The number of esters is 1. The predicted molar refractivity (Wildman–Crippen MR) is 140 cm³/mol. The summed E-state index contributed by atoms with van der Waals surface area (Å²) < 4.78 is 16.4. The highest BCUT2D eigenvalue weighted by molar-refractivity contribution is 7.16. The Morgan fingerprint density at radius 3 is 2.53 bits per heavy atom. The van der Waals surface area contributed by atoms with Crippen molar-refractivity contribution in [1.29, 1.82) is 0 Å². The standard InChI is InChI=1S/C24H19ClN4O8S/c1-4-37-24(32)20-15-11-38-22(19(15)23(31)28(27-20)13-7-5-6-12(25)8-13)26-21(30)14-9-17(35-2)18(36-3)10-16(14)29(33)34/h5-11H,4H2,1-3H3,(H,26,30). The quantitative estimate of drug-likeness (QED) is 0.188. The molecule has 38 heavy (non-hydrogen) atoms. The van der Waals surface area contributed by atoms with Crippen LogP contribution in [0.15, 0.2) is 46.6 Å². The second kappa shape index (κ2) is 10.9. The lowest BCUT2D eigenvalue weighted by atomic mass is 10.1. The van der Waals surface area contributed by atoms with E-state index in [1.54, 1.807) is 25.1 Å². The number of benzene rings is 2. The van der Waals surface area contributed by atoms with Crippen molar-refractivity contribution in [3.8, 4) is 17.2 Å². The molecule has 14 heteroatoms. The number of nitro groups is 1. The van der Waals surface area contributed by atoms with Crippen LogP contribution in [-0.4, -0.2) is 47.4 Å². The Hall–Kier alpha value is -4.49. The number of amides is 1. The zero-order valence-corrected chi connectivity index (χ0v) is 21.7. The lowest BCUT2D eigenvalue weighted by Gasteiger charge is -2.11. The molecule has 2 heterocycles. The van der Waals surface area contributed by atoms with Crippen molar-refractivity contribution in [3.05, 3.63) is 78.5 Å². The molecule has 0 atom stereocenters. The summed E-state index contributed by atoms with van der Waals surface area (Å²) >= 11 is 7.03. The van der Waals surface area contributed by atoms with Gasteiger partial charge in [-0.15, -0.1) is 11.3 Å². The number of hydrogen-bond acceptors (Lipinski definition) is 10. The zero-order valence-electron chi connectivity index (χ0n) is 20.1. The van der Waals surface area contributed by atoms with Gasteiger partial charge in [0.05, 0.1) is 42.9 Å². The Balaban J connectivity index is 1.89. The van der Waals surface area contributed by atoms with Crippen LogP contribution in [0.25, 0.3) is 16.5 Å². The number of methoxy groups -OCH3 is 2. The maximum absolute atomic E-state index is 13.5. The fourth-order valence-corrected chi connectivity index (χ4v) is 4.76. The number of carbonyl (C=O) groups is 2. The summed E-state index contributed by atoms with van der Waals surface area (Å²) in [5.74, 6) is -1.51. The second-order valence-corrected chi connectivity index (χ2v) is 8.87. The van der Waals surface area contributed by atoms with Gasteiger partial charge in [-0.3, -0.25) is 19.7 Å². The fraction of sp³-hybridized carbons (Fsp3) is 0.167. The van der Waals surface area contributed by atoms with E-state index < -0.39 is 28.0 Å². The summed E-state index contributed by atoms with van der Waals surface area (Å²) in [6.45, 7) is 1.69. The van der Waals surface area contributed by atoms with E-state index in [4.69, 9.17) is 25.8 Å². The van der Waals surface area contributed by atoms with Gasteiger partial charge in [0.15, 0.2) is 17.2 Å². The maximum Gasteiger partial charge on any atom is 0.359 e. The van der Waals surface area contributed by atoms with E-state index in [1.165, 1.54) is 25.7 Å². The maximum atomic E-state index is 13.5. The number of thiophene rings is 1. The number of halogens is 1. The van der Waals surface area contributed by atoms with E-state index in [0.717, 1.165) is 28.2 Å². The number of hydrogen-bond donors (Lipinski definition) is 1. The molecule has 0 bridgehead atoms. The van der Waals surface area contributed by atoms with Gasteiger partial charge in [-0.25, -0.2) is 4.79 Å². The van der Waals surface area contributed by atoms with Gasteiger partial charge in [0.2, 0.25) is 0 Å². The molecule has 2 aromatic carbocycles. The van der Waals surface area contributed by atoms with Crippen molar-refractivity contribution in [1.82, 2.24) is 9.78 Å². The first-order valence-electron chi connectivity index (χ1n) is 10.9. The average Bonchev–Trinajstić information content (AvgIpc) is 3.32. The third kappa shape index (κ3) is 4.88. The Kier molecular flexibility index (Phi) is 7.60. The van der Waals surface area contributed by atoms with Gasteiger partial charge in [-0.1, -0.05) is 17.7 Å². The van der Waals surface area contributed by atoms with Crippen LogP contribution >= 0.6 is 22.9 Å². The molecule has 196 valence electrons. The third-order valence-electron chi connectivity index (χ3n) is 5.34. The van der Waals surface area contributed by atoms with Crippen LogP contribution in [0.1, 0.15) is 27.8 Å². The molecular weight excluding hydrogens is 540 g/mol. The topological polar surface area (TPSA) is 152 Å². The molecule has 0 fully saturated rings. The van der Waals surface area contributed by atoms with Crippen molar-refractivity contribution in [3.63, 3.8) is 0 Å². The average molecular weight is 559 g/mol. The fourth-order valence-electron chi connectivity index (χ4n) is 3.65. The molecular formula is C24H19ClN4O8S. The predicted octanol–water partition coefficient (Wildman–Crippen LogP) is 4.46. The molecule has 0 aliphatic rings. The summed E-state index contributed by atoms with van der Waals surface area (Å²) in [6, 6.07) is 8.49. The molecule has 0 spiro atoms. The summed E-state index contributed by atoms with van der Waals surface area (Å²) in [5, 5.41) is 20.4. The first-order valence-corrected chi connectivity index (χ1v) is 12.1. The number of fused-ring (bicyclic) bond motifs is 1. The van der Waals surface area contributed by atoms with Crippen LogP contribution in [0.5, 0.6) is 11.5 Å². The van der Waals surface area contributed by atoms with Crippen LogP contribution in [0, 0.1) is 10.1 Å². The molecule has 4 aromatic rings. The lowest BCUT2D eigenvalue weighted by molar-refractivity contribution is -0.385. The van der Waals surface area contributed by atoms with Crippen molar-refractivity contribution in [2.24, 2.45) is 0 Å². The van der Waals surface area contributed by atoms with Gasteiger partial charge < -0.3 is 19.5 Å². The Morgan fingerprint density at radius 1 is 1.18 bits per heavy atom. The Morgan fingerprint density at radius 2 is 1.89 bits per heavy atom. The SMILES string of the molecule is CCOC(=O)c1nn(-c2cccc(Cl)c2)c(=O)c2c(NC(=O)c3cc(OC)c(OC)cc3[N+](=O)[O-])scc12. The molecule has 0 saturated carbocycles. The number of ether oxygens (including phenoxy) is 3. The van der Waals surface area contributed by atoms with E-state index in [9.17, 15) is 24.5 Å². The first-order chi connectivity index (χ1) is 18.2. The van der Waals surface area contributed by atoms with Crippen molar-refractivity contribution < 1.29 is 28.7 Å². The first kappa shape index (κ1) is 26.6. The number of nitrogens with one attached hydrogen (secondary N) is 1. The van der Waals surface area contributed by atoms with E-state index >= 15 is 0 Å². The molecule has 1 amide bonds. The van der Waals surface area contributed by atoms with Gasteiger partial charge >= 0.3 is 5.97 Å². The van der Waals surface area contributed by atoms with Gasteiger partial charge in [0, 0.05) is 21.9 Å². The normalized spacial score (nSPS) is 10.7. The molecule has 1 N–H and O–H groups in total. The molecule has 2 aromatic heterocycles. The zero-order chi connectivity index (χ0) is 27.6. The highest BCUT2D eigenvalue weighted by Gasteiger charge is 2.27. The smallest absolute Gasteiger partial charge is 0.359 e. The number of anilines is 1. The number of nitrogens with zero attached hydrogens (tertiary/aromatic N) is 3. The van der Waals surface area contributed by atoms with E-state index in [1.807, 2.05) is 0 Å². The highest BCUT2D eigenvalue weighted by Crippen LogP contribution is 2.36. The van der Waals surface area contributed by atoms with Crippen LogP contribution in [0.2, 0.25) is 5.02 Å². The Labute approximate surface area is 223 Å². The molecule has 0 aliphatic heterocycles. The van der Waals surface area contributed by atoms with Crippen LogP contribution < -0.4 is 20.3 Å². The van der Waals surface area contributed by atoms with E-state index in [2.05, 4.69) is 10.4 Å². The van der Waals surface area contributed by atoms with Crippen LogP contribution in [0.4, 0.5) is 10.7 Å². The van der Waals surface area contributed by atoms with Gasteiger partial charge in [0.1, 0.15) is 10.6 Å². The summed E-state index contributed by atoms with van der Waals surface area (Å²) in [6.07, 6.45) is 0. The van der Waals surface area contributed by atoms with Gasteiger partial charge in [0.25, 0.3) is 17.2 Å². The van der Waals surface area contributed by atoms with Gasteiger partial charge in [-0.2, -0.15) is 9.78 Å². The van der Waals surface area contributed by atoms with Crippen molar-refractivity contribution in [2.75, 3.05) is 26.1 Å². The number of carbonyl (C=O) groups excluding carboxylic acids is 2. The second-order valence-electron chi connectivity index (χ2n) is 7.55. The van der Waals surface area contributed by atoms with Crippen LogP contribution in [0.3, 0.4) is 0 Å². The lowest BCUT2D eigenvalue weighted by Crippen LogP contribution is -2.25. The minimum Gasteiger partial charge on any atom is -0.493 e. The summed E-state index contributed by atoms with van der Waals surface area (Å²) in [5.41, 5.74) is -1.41. The molecule has 0 radical (unpaired) electrons. The van der Waals surface area contributed by atoms with Crippen molar-refractivity contribution in [2.45, 2.75) is 6.92 Å². The third-order valence-corrected chi connectivity index (χ3v) is 6.47. The molecule has 0 aliphatic carbocycles. The molecule has 0 saturated heterocycles. The molecule has 12 nitrogen and oxygen atoms in total. The monoisotopic (exact) mass is 558 g/mol. The molecule has 0 unspecified atom stereocenters. The Bertz CT molecular complexity index is 1650. The number of aromatic nitrogens is 2. The van der Waals surface area contributed by atoms with E-state index in [0.29, 0.717) is 5.02 Å². The van der Waals surface area contributed by atoms with E-state index in [-0.39, 0.29) is 50.8 Å². The van der Waals surface area contributed by atoms with Gasteiger partial charge in [-0.05, 0) is 25.1 Å². The van der Waals surface area contributed by atoms with Crippen LogP contribution in [-0.2, 0) is 4.74 Å². The van der Waals surface area contributed by atoms with Crippen molar-refractivity contribution >= 4 is 56.3 Å².